The number of esters is 1. The van der Waals surface area contributed by atoms with Gasteiger partial charge in [-0.2, -0.15) is 18.2 Å². The van der Waals surface area contributed by atoms with E-state index in [2.05, 4.69) is 14.9 Å². The molecule has 0 saturated carbocycles. The van der Waals surface area contributed by atoms with Gasteiger partial charge in [-0.05, 0) is 30.8 Å². The van der Waals surface area contributed by atoms with E-state index in [1.165, 1.54) is 19.2 Å². The average Bonchev–Trinajstić information content (AvgIpc) is 3.15. The van der Waals surface area contributed by atoms with Gasteiger partial charge in [-0.3, -0.25) is 4.90 Å². The van der Waals surface area contributed by atoms with E-state index in [1.807, 2.05) is 0 Å². The summed E-state index contributed by atoms with van der Waals surface area (Å²) in [5.41, 5.74) is 0.533. The van der Waals surface area contributed by atoms with Gasteiger partial charge >= 0.3 is 12.1 Å². The Bertz CT molecular complexity index is 984. The molecule has 0 atom stereocenters. The van der Waals surface area contributed by atoms with Crippen LogP contribution in [0.3, 0.4) is 0 Å². The van der Waals surface area contributed by atoms with Crippen molar-refractivity contribution in [3.63, 3.8) is 0 Å². The first-order valence-corrected chi connectivity index (χ1v) is 8.63. The quantitative estimate of drug-likeness (QED) is 0.574. The molecule has 152 valence electrons. The lowest BCUT2D eigenvalue weighted by Crippen LogP contribution is -2.20. The van der Waals surface area contributed by atoms with Crippen LogP contribution < -0.4 is 0 Å². The second kappa shape index (κ2) is 8.44. The van der Waals surface area contributed by atoms with E-state index in [4.69, 9.17) is 4.52 Å². The highest BCUT2D eigenvalue weighted by atomic mass is 19.4. The molecule has 0 aliphatic carbocycles. The first kappa shape index (κ1) is 20.5. The van der Waals surface area contributed by atoms with E-state index in [1.54, 1.807) is 42.3 Å². The van der Waals surface area contributed by atoms with Crippen molar-refractivity contribution in [3.05, 3.63) is 71.1 Å². The van der Waals surface area contributed by atoms with E-state index in [0.29, 0.717) is 17.0 Å². The van der Waals surface area contributed by atoms with E-state index < -0.39 is 17.7 Å². The van der Waals surface area contributed by atoms with Gasteiger partial charge in [0.2, 0.25) is 11.7 Å². The van der Waals surface area contributed by atoms with Crippen LogP contribution in [0, 0.1) is 0 Å². The molecule has 0 unspecified atom stereocenters. The van der Waals surface area contributed by atoms with Crippen molar-refractivity contribution in [1.82, 2.24) is 15.0 Å². The summed E-state index contributed by atoms with van der Waals surface area (Å²) in [6, 6.07) is 11.9. The molecule has 1 aromatic heterocycles. The molecule has 0 amide bonds. The molecule has 2 aromatic carbocycles. The number of halogens is 3. The van der Waals surface area contributed by atoms with Crippen molar-refractivity contribution >= 4 is 5.97 Å². The Morgan fingerprint density at radius 3 is 2.45 bits per heavy atom. The van der Waals surface area contributed by atoms with Crippen molar-refractivity contribution in [1.29, 1.82) is 0 Å². The Morgan fingerprint density at radius 1 is 1.10 bits per heavy atom. The molecule has 3 aromatic rings. The lowest BCUT2D eigenvalue weighted by Gasteiger charge is -2.18. The zero-order valence-corrected chi connectivity index (χ0v) is 15.7. The topological polar surface area (TPSA) is 68.5 Å². The normalized spacial score (nSPS) is 11.7. The summed E-state index contributed by atoms with van der Waals surface area (Å²) in [5, 5.41) is 3.89. The molecule has 0 bridgehead atoms. The lowest BCUT2D eigenvalue weighted by atomic mass is 10.1. The number of benzene rings is 2. The number of ether oxygens (including phenoxy) is 1. The fourth-order valence-corrected chi connectivity index (χ4v) is 2.82. The monoisotopic (exact) mass is 405 g/mol. The Balaban J connectivity index is 1.68. The van der Waals surface area contributed by atoms with Gasteiger partial charge < -0.3 is 9.26 Å². The number of nitrogens with zero attached hydrogens (tertiary/aromatic N) is 3. The van der Waals surface area contributed by atoms with Crippen molar-refractivity contribution in [3.8, 4) is 11.4 Å². The Kier molecular flexibility index (Phi) is 5.97. The molecule has 6 nitrogen and oxygen atoms in total. The Hall–Kier alpha value is -3.20. The highest BCUT2D eigenvalue weighted by Crippen LogP contribution is 2.32. The molecule has 0 N–H and O–H groups in total. The maximum atomic E-state index is 13.1. The summed E-state index contributed by atoms with van der Waals surface area (Å²) in [4.78, 5) is 17.4. The number of carbonyl (C=O) groups excluding carboxylic acids is 1. The van der Waals surface area contributed by atoms with Gasteiger partial charge in [-0.15, -0.1) is 0 Å². The van der Waals surface area contributed by atoms with Crippen molar-refractivity contribution in [2.45, 2.75) is 19.3 Å². The number of hydrogen-bond donors (Lipinski definition) is 0. The molecule has 0 spiro atoms. The van der Waals surface area contributed by atoms with Crippen LogP contribution in [0.2, 0.25) is 0 Å². The van der Waals surface area contributed by atoms with E-state index in [-0.39, 0.29) is 24.5 Å². The van der Waals surface area contributed by atoms with Gasteiger partial charge in [0.25, 0.3) is 0 Å². The summed E-state index contributed by atoms with van der Waals surface area (Å²) in [7, 11) is 2.97. The summed E-state index contributed by atoms with van der Waals surface area (Å²) >= 11 is 0. The number of aromatic nitrogens is 2. The van der Waals surface area contributed by atoms with Crippen LogP contribution in [-0.4, -0.2) is 35.2 Å². The van der Waals surface area contributed by atoms with Crippen LogP contribution in [0.25, 0.3) is 11.4 Å². The molecule has 0 fully saturated rings. The molecule has 0 saturated heterocycles. The third kappa shape index (κ3) is 5.00. The molecule has 29 heavy (non-hydrogen) atoms. The summed E-state index contributed by atoms with van der Waals surface area (Å²) < 4.78 is 49.2. The highest BCUT2D eigenvalue weighted by Gasteiger charge is 2.33. The molecule has 0 radical (unpaired) electrons. The largest absolute Gasteiger partial charge is 0.465 e. The Morgan fingerprint density at radius 2 is 1.79 bits per heavy atom. The zero-order chi connectivity index (χ0) is 21.0. The van der Waals surface area contributed by atoms with Gasteiger partial charge in [0.15, 0.2) is 0 Å². The second-order valence-electron chi connectivity index (χ2n) is 6.41. The summed E-state index contributed by atoms with van der Waals surface area (Å²) in [6.45, 7) is 0.251. The molecule has 3 rings (SSSR count). The first-order valence-electron chi connectivity index (χ1n) is 8.63. The minimum Gasteiger partial charge on any atom is -0.465 e. The standard InChI is InChI=1S/C20H18F3N3O3/c1-26(11-15-5-3-4-6-16(15)20(21,22)23)12-17-24-18(25-29-17)13-7-9-14(10-8-13)19(27)28-2/h3-10H,11-12H2,1-2H3. The molecule has 0 aliphatic rings. The summed E-state index contributed by atoms with van der Waals surface area (Å²) in [5.74, 6) is 0.135. The molecular formula is C20H18F3N3O3. The third-order valence-corrected chi connectivity index (χ3v) is 4.20. The summed E-state index contributed by atoms with van der Waals surface area (Å²) in [6.07, 6.45) is -4.41. The lowest BCUT2D eigenvalue weighted by molar-refractivity contribution is -0.138. The van der Waals surface area contributed by atoms with Crippen molar-refractivity contribution < 1.29 is 27.2 Å². The van der Waals surface area contributed by atoms with Gasteiger partial charge in [0.05, 0.1) is 24.8 Å². The SMILES string of the molecule is COC(=O)c1ccc(-c2noc(CN(C)Cc3ccccc3C(F)(F)F)n2)cc1. The van der Waals surface area contributed by atoms with Crippen LogP contribution >= 0.6 is 0 Å². The fourth-order valence-electron chi connectivity index (χ4n) is 2.82. The Labute approximate surface area is 164 Å². The van der Waals surface area contributed by atoms with E-state index >= 15 is 0 Å². The van der Waals surface area contributed by atoms with Gasteiger partial charge in [0.1, 0.15) is 0 Å². The van der Waals surface area contributed by atoms with Crippen molar-refractivity contribution in [2.75, 3.05) is 14.2 Å². The van der Waals surface area contributed by atoms with Gasteiger partial charge in [-0.1, -0.05) is 35.5 Å². The average molecular weight is 405 g/mol. The van der Waals surface area contributed by atoms with Gasteiger partial charge in [0, 0.05) is 12.1 Å². The number of methoxy groups -OCH3 is 1. The number of alkyl halides is 3. The molecule has 1 heterocycles. The molecular weight excluding hydrogens is 387 g/mol. The minimum atomic E-state index is -4.41. The van der Waals surface area contributed by atoms with Crippen LogP contribution in [0.4, 0.5) is 13.2 Å². The number of rotatable bonds is 6. The smallest absolute Gasteiger partial charge is 0.416 e. The van der Waals surface area contributed by atoms with E-state index in [0.717, 1.165) is 6.07 Å². The predicted molar refractivity (Wildman–Crippen MR) is 97.7 cm³/mol. The maximum absolute atomic E-state index is 13.1. The molecule has 9 heteroatoms. The first-order chi connectivity index (χ1) is 13.8. The zero-order valence-electron chi connectivity index (χ0n) is 15.7. The van der Waals surface area contributed by atoms with Gasteiger partial charge in [-0.25, -0.2) is 4.79 Å². The fraction of sp³-hybridized carbons (Fsp3) is 0.250. The predicted octanol–water partition coefficient (Wildman–Crippen LogP) is 4.17. The minimum absolute atomic E-state index is 0.0707. The van der Waals surface area contributed by atoms with Crippen LogP contribution in [-0.2, 0) is 24.0 Å². The van der Waals surface area contributed by atoms with Crippen LogP contribution in [0.5, 0.6) is 0 Å². The third-order valence-electron chi connectivity index (χ3n) is 4.20. The van der Waals surface area contributed by atoms with E-state index in [9.17, 15) is 18.0 Å². The van der Waals surface area contributed by atoms with Crippen LogP contribution in [0.1, 0.15) is 27.4 Å². The molecule has 0 aliphatic heterocycles. The number of hydrogen-bond acceptors (Lipinski definition) is 6. The van der Waals surface area contributed by atoms with Crippen molar-refractivity contribution in [2.24, 2.45) is 0 Å². The van der Waals surface area contributed by atoms with Crippen LogP contribution in [0.15, 0.2) is 53.1 Å². The highest BCUT2D eigenvalue weighted by molar-refractivity contribution is 5.89. The maximum Gasteiger partial charge on any atom is 0.416 e. The second-order valence-corrected chi connectivity index (χ2v) is 6.41. The number of carbonyl (C=O) groups is 1.